The van der Waals surface area contributed by atoms with E-state index in [0.717, 1.165) is 36.0 Å². The van der Waals surface area contributed by atoms with Crippen molar-refractivity contribution >= 4 is 11.6 Å². The fourth-order valence-corrected chi connectivity index (χ4v) is 1.71. The van der Waals surface area contributed by atoms with Gasteiger partial charge in [0, 0.05) is 25.3 Å². The molecule has 2 N–H and O–H groups in total. The number of hydrogen-bond acceptors (Lipinski definition) is 5. The Hall–Kier alpha value is -1.36. The van der Waals surface area contributed by atoms with Crippen LogP contribution in [0.5, 0.6) is 0 Å². The van der Waals surface area contributed by atoms with Crippen molar-refractivity contribution in [2.75, 3.05) is 30.9 Å². The van der Waals surface area contributed by atoms with Crippen LogP contribution in [0.4, 0.5) is 11.6 Å². The molecule has 0 saturated carbocycles. The Bertz CT molecular complexity index is 381. The molecule has 18 heavy (non-hydrogen) atoms. The number of nitrogens with zero attached hydrogens (tertiary/aromatic N) is 2. The topological polar surface area (TPSA) is 59.1 Å². The normalized spacial score (nSPS) is 12.3. The monoisotopic (exact) mass is 252 g/mol. The van der Waals surface area contributed by atoms with Crippen LogP contribution in [0, 0.1) is 13.8 Å². The zero-order chi connectivity index (χ0) is 13.5. The minimum absolute atomic E-state index is 0.224. The maximum atomic E-state index is 5.12. The van der Waals surface area contributed by atoms with E-state index in [-0.39, 0.29) is 6.04 Å². The van der Waals surface area contributed by atoms with E-state index in [2.05, 4.69) is 34.4 Å². The molecule has 0 fully saturated rings. The molecule has 1 heterocycles. The average molecular weight is 252 g/mol. The van der Waals surface area contributed by atoms with Gasteiger partial charge in [-0.3, -0.25) is 0 Å². The van der Waals surface area contributed by atoms with Gasteiger partial charge in [0.15, 0.2) is 0 Å². The quantitative estimate of drug-likeness (QED) is 0.780. The number of methoxy groups -OCH3 is 1. The minimum atomic E-state index is 0.224. The smallest absolute Gasteiger partial charge is 0.135 e. The zero-order valence-corrected chi connectivity index (χ0v) is 12.0. The van der Waals surface area contributed by atoms with Gasteiger partial charge in [-0.05, 0) is 27.2 Å². The van der Waals surface area contributed by atoms with Crippen molar-refractivity contribution in [3.05, 3.63) is 11.4 Å². The SMILES string of the molecule is CCCNc1nc(C)nc(NC(C)COC)c1C. The van der Waals surface area contributed by atoms with E-state index in [1.165, 1.54) is 0 Å². The summed E-state index contributed by atoms with van der Waals surface area (Å²) >= 11 is 0. The van der Waals surface area contributed by atoms with Gasteiger partial charge in [0.05, 0.1) is 6.61 Å². The minimum Gasteiger partial charge on any atom is -0.383 e. The molecule has 0 bridgehead atoms. The summed E-state index contributed by atoms with van der Waals surface area (Å²) in [6.45, 7) is 9.71. The second-order valence-electron chi connectivity index (χ2n) is 4.52. The summed E-state index contributed by atoms with van der Waals surface area (Å²) in [5, 5.41) is 6.68. The van der Waals surface area contributed by atoms with Crippen molar-refractivity contribution in [1.82, 2.24) is 9.97 Å². The molecule has 1 unspecified atom stereocenters. The summed E-state index contributed by atoms with van der Waals surface area (Å²) in [4.78, 5) is 8.88. The van der Waals surface area contributed by atoms with E-state index < -0.39 is 0 Å². The summed E-state index contributed by atoms with van der Waals surface area (Å²) in [5.41, 5.74) is 1.05. The first-order chi connectivity index (χ1) is 8.58. The number of aryl methyl sites for hydroxylation is 1. The molecule has 0 aliphatic carbocycles. The van der Waals surface area contributed by atoms with E-state index in [1.807, 2.05) is 13.8 Å². The predicted octanol–water partition coefficient (Wildman–Crippen LogP) is 2.36. The highest BCUT2D eigenvalue weighted by atomic mass is 16.5. The maximum absolute atomic E-state index is 5.12. The molecule has 1 aromatic rings. The Kier molecular flexibility index (Phi) is 5.85. The first kappa shape index (κ1) is 14.7. The van der Waals surface area contributed by atoms with E-state index in [1.54, 1.807) is 7.11 Å². The van der Waals surface area contributed by atoms with Crippen molar-refractivity contribution in [3.63, 3.8) is 0 Å². The second kappa shape index (κ2) is 7.16. The number of anilines is 2. The van der Waals surface area contributed by atoms with Gasteiger partial charge < -0.3 is 15.4 Å². The Morgan fingerprint density at radius 2 is 1.89 bits per heavy atom. The van der Waals surface area contributed by atoms with Gasteiger partial charge in [-0.2, -0.15) is 0 Å². The Labute approximate surface area is 109 Å². The molecule has 0 spiro atoms. The van der Waals surface area contributed by atoms with Gasteiger partial charge in [0.1, 0.15) is 17.5 Å². The largest absolute Gasteiger partial charge is 0.383 e. The van der Waals surface area contributed by atoms with Gasteiger partial charge >= 0.3 is 0 Å². The van der Waals surface area contributed by atoms with E-state index in [0.29, 0.717) is 6.61 Å². The van der Waals surface area contributed by atoms with E-state index >= 15 is 0 Å². The third kappa shape index (κ3) is 4.14. The summed E-state index contributed by atoms with van der Waals surface area (Å²) in [7, 11) is 1.70. The summed E-state index contributed by atoms with van der Waals surface area (Å²) < 4.78 is 5.12. The van der Waals surface area contributed by atoms with Crippen LogP contribution < -0.4 is 10.6 Å². The highest BCUT2D eigenvalue weighted by molar-refractivity contribution is 5.57. The second-order valence-corrected chi connectivity index (χ2v) is 4.52. The highest BCUT2D eigenvalue weighted by Gasteiger charge is 2.11. The van der Waals surface area contributed by atoms with E-state index in [9.17, 15) is 0 Å². The molecule has 0 aliphatic rings. The molecule has 1 rings (SSSR count). The molecule has 0 radical (unpaired) electrons. The van der Waals surface area contributed by atoms with Crippen LogP contribution in [-0.2, 0) is 4.74 Å². The lowest BCUT2D eigenvalue weighted by Crippen LogP contribution is -2.23. The Morgan fingerprint density at radius 3 is 2.50 bits per heavy atom. The zero-order valence-electron chi connectivity index (χ0n) is 12.0. The van der Waals surface area contributed by atoms with Crippen LogP contribution in [-0.4, -0.2) is 36.3 Å². The third-order valence-electron chi connectivity index (χ3n) is 2.60. The lowest BCUT2D eigenvalue weighted by Gasteiger charge is -2.17. The standard InChI is InChI=1S/C13H24N4O/c1-6-7-14-12-10(3)13(17-11(4)16-12)15-9(2)8-18-5/h9H,6-8H2,1-5H3,(H2,14,15,16,17). The summed E-state index contributed by atoms with van der Waals surface area (Å²) in [6, 6.07) is 0.224. The van der Waals surface area contributed by atoms with Crippen LogP contribution in [0.25, 0.3) is 0 Å². The molecule has 0 aromatic carbocycles. The molecular weight excluding hydrogens is 228 g/mol. The van der Waals surface area contributed by atoms with Crippen LogP contribution in [0.2, 0.25) is 0 Å². The van der Waals surface area contributed by atoms with E-state index in [4.69, 9.17) is 4.74 Å². The first-order valence-electron chi connectivity index (χ1n) is 6.43. The lowest BCUT2D eigenvalue weighted by atomic mass is 10.2. The molecule has 5 nitrogen and oxygen atoms in total. The molecular formula is C13H24N4O. The third-order valence-corrected chi connectivity index (χ3v) is 2.60. The summed E-state index contributed by atoms with van der Waals surface area (Å²) in [5.74, 6) is 2.56. The van der Waals surface area contributed by atoms with Gasteiger partial charge in [-0.1, -0.05) is 6.92 Å². The van der Waals surface area contributed by atoms with Crippen molar-refractivity contribution in [2.45, 2.75) is 40.2 Å². The highest BCUT2D eigenvalue weighted by Crippen LogP contribution is 2.20. The van der Waals surface area contributed by atoms with Crippen LogP contribution >= 0.6 is 0 Å². The van der Waals surface area contributed by atoms with Gasteiger partial charge in [0.25, 0.3) is 0 Å². The van der Waals surface area contributed by atoms with Gasteiger partial charge in [-0.15, -0.1) is 0 Å². The molecule has 102 valence electrons. The molecule has 1 atom stereocenters. The Balaban J connectivity index is 2.86. The van der Waals surface area contributed by atoms with Crippen molar-refractivity contribution in [3.8, 4) is 0 Å². The molecule has 5 heteroatoms. The number of ether oxygens (including phenoxy) is 1. The van der Waals surface area contributed by atoms with Gasteiger partial charge in [0.2, 0.25) is 0 Å². The van der Waals surface area contributed by atoms with Crippen LogP contribution in [0.3, 0.4) is 0 Å². The molecule has 0 aliphatic heterocycles. The van der Waals surface area contributed by atoms with Crippen LogP contribution in [0.1, 0.15) is 31.7 Å². The molecule has 0 saturated heterocycles. The molecule has 0 amide bonds. The fraction of sp³-hybridized carbons (Fsp3) is 0.692. The number of nitrogens with one attached hydrogen (secondary N) is 2. The average Bonchev–Trinajstić information content (AvgIpc) is 2.31. The number of aromatic nitrogens is 2. The first-order valence-corrected chi connectivity index (χ1v) is 6.43. The van der Waals surface area contributed by atoms with Crippen LogP contribution in [0.15, 0.2) is 0 Å². The van der Waals surface area contributed by atoms with Crippen molar-refractivity contribution < 1.29 is 4.74 Å². The number of rotatable bonds is 7. The Morgan fingerprint density at radius 1 is 1.22 bits per heavy atom. The fourth-order valence-electron chi connectivity index (χ4n) is 1.71. The maximum Gasteiger partial charge on any atom is 0.135 e. The van der Waals surface area contributed by atoms with Crippen molar-refractivity contribution in [2.24, 2.45) is 0 Å². The van der Waals surface area contributed by atoms with Crippen molar-refractivity contribution in [1.29, 1.82) is 0 Å². The predicted molar refractivity (Wildman–Crippen MR) is 75.2 cm³/mol. The molecule has 1 aromatic heterocycles. The lowest BCUT2D eigenvalue weighted by molar-refractivity contribution is 0.190. The van der Waals surface area contributed by atoms with Gasteiger partial charge in [-0.25, -0.2) is 9.97 Å². The number of hydrogen-bond donors (Lipinski definition) is 2. The summed E-state index contributed by atoms with van der Waals surface area (Å²) in [6.07, 6.45) is 1.07.